The average molecular weight is 576 g/mol. The van der Waals surface area contributed by atoms with Gasteiger partial charge in [-0.3, -0.25) is 9.78 Å². The van der Waals surface area contributed by atoms with Crippen molar-refractivity contribution < 1.29 is 4.79 Å². The monoisotopic (exact) mass is 575 g/mol. The quantitative estimate of drug-likeness (QED) is 0.112. The number of H-pyrrole nitrogens is 1. The zero-order valence-electron chi connectivity index (χ0n) is 22.9. The smallest absolute Gasteiger partial charge is 0.248 e. The zero-order valence-corrected chi connectivity index (χ0v) is 23.7. The van der Waals surface area contributed by atoms with Gasteiger partial charge in [-0.05, 0) is 35.4 Å². The molecule has 1 amide bonds. The number of carbonyl (C=O) groups excluding carboxylic acids is 1. The van der Waals surface area contributed by atoms with Gasteiger partial charge in [-0.15, -0.1) is 0 Å². The van der Waals surface area contributed by atoms with Crippen LogP contribution in [0.2, 0.25) is 5.02 Å². The fourth-order valence-electron chi connectivity index (χ4n) is 5.07. The van der Waals surface area contributed by atoms with Crippen molar-refractivity contribution in [3.8, 4) is 11.1 Å². The van der Waals surface area contributed by atoms with Crippen LogP contribution in [0.15, 0.2) is 91.4 Å². The summed E-state index contributed by atoms with van der Waals surface area (Å²) in [6.45, 7) is 2.18. The molecule has 0 unspecified atom stereocenters. The highest BCUT2D eigenvalue weighted by molar-refractivity contribution is 6.33. The first kappa shape index (κ1) is 27.4. The van der Waals surface area contributed by atoms with Crippen LogP contribution < -0.4 is 16.4 Å². The molecule has 6 rings (SSSR count). The number of amides is 1. The lowest BCUT2D eigenvalue weighted by Gasteiger charge is -2.11. The number of pyridine rings is 2. The topological polar surface area (TPSA) is 122 Å². The van der Waals surface area contributed by atoms with E-state index in [2.05, 4.69) is 49.9 Å². The summed E-state index contributed by atoms with van der Waals surface area (Å²) >= 11 is 6.56. The molecule has 3 aromatic heterocycles. The minimum absolute atomic E-state index is 0.424. The van der Waals surface area contributed by atoms with Crippen LogP contribution in [0.1, 0.15) is 27.4 Å². The van der Waals surface area contributed by atoms with Crippen molar-refractivity contribution in [1.29, 1.82) is 0 Å². The third kappa shape index (κ3) is 6.10. The van der Waals surface area contributed by atoms with Crippen LogP contribution in [0.5, 0.6) is 0 Å². The molecule has 0 aliphatic rings. The van der Waals surface area contributed by atoms with Crippen molar-refractivity contribution in [2.24, 2.45) is 5.73 Å². The first-order valence-electron chi connectivity index (χ1n) is 13.8. The molecule has 0 saturated carbocycles. The van der Waals surface area contributed by atoms with Gasteiger partial charge in [0.2, 0.25) is 5.91 Å². The number of fused-ring (bicyclic) bond motifs is 3. The van der Waals surface area contributed by atoms with E-state index in [1.54, 1.807) is 18.3 Å². The highest BCUT2D eigenvalue weighted by Crippen LogP contribution is 2.30. The Labute approximate surface area is 248 Å². The Hall–Kier alpha value is -4.79. The maximum Gasteiger partial charge on any atom is 0.248 e. The van der Waals surface area contributed by atoms with Crippen molar-refractivity contribution >= 4 is 45.0 Å². The lowest BCUT2D eigenvalue weighted by Crippen LogP contribution is -2.17. The van der Waals surface area contributed by atoms with Crippen molar-refractivity contribution in [3.05, 3.63) is 119 Å². The molecule has 3 heterocycles. The number of imidazole rings is 1. The van der Waals surface area contributed by atoms with E-state index in [0.29, 0.717) is 17.6 Å². The number of halogens is 1. The molecule has 8 nitrogen and oxygen atoms in total. The van der Waals surface area contributed by atoms with Gasteiger partial charge in [0.05, 0.1) is 5.52 Å². The number of hydrogen-bond acceptors (Lipinski definition) is 6. The number of hydrogen-bond donors (Lipinski definition) is 4. The summed E-state index contributed by atoms with van der Waals surface area (Å²) in [6, 6.07) is 23.6. The molecule has 0 radical (unpaired) electrons. The Morgan fingerprint density at radius 3 is 2.62 bits per heavy atom. The number of aromatic nitrogens is 4. The van der Waals surface area contributed by atoms with Gasteiger partial charge < -0.3 is 21.4 Å². The van der Waals surface area contributed by atoms with Gasteiger partial charge in [0.1, 0.15) is 11.6 Å². The molecular weight excluding hydrogens is 546 g/mol. The van der Waals surface area contributed by atoms with E-state index in [4.69, 9.17) is 22.3 Å². The Kier molecular flexibility index (Phi) is 8.07. The van der Waals surface area contributed by atoms with E-state index < -0.39 is 5.91 Å². The molecule has 0 atom stereocenters. The van der Waals surface area contributed by atoms with Crippen LogP contribution in [-0.4, -0.2) is 38.9 Å². The maximum absolute atomic E-state index is 11.7. The minimum Gasteiger partial charge on any atom is -0.369 e. The summed E-state index contributed by atoms with van der Waals surface area (Å²) in [5.41, 5.74) is 10.9. The van der Waals surface area contributed by atoms with E-state index in [-0.39, 0.29) is 0 Å². The van der Waals surface area contributed by atoms with Crippen molar-refractivity contribution in [2.75, 3.05) is 18.4 Å². The molecular formula is C33H30ClN7O. The number of rotatable bonds is 11. The maximum atomic E-state index is 11.7. The van der Waals surface area contributed by atoms with Gasteiger partial charge in [0.25, 0.3) is 0 Å². The van der Waals surface area contributed by atoms with E-state index in [1.165, 1.54) is 0 Å². The van der Waals surface area contributed by atoms with Gasteiger partial charge in [0.15, 0.2) is 0 Å². The number of nitrogens with zero attached hydrogens (tertiary/aromatic N) is 3. The summed E-state index contributed by atoms with van der Waals surface area (Å²) in [6.07, 6.45) is 6.99. The summed E-state index contributed by atoms with van der Waals surface area (Å²) < 4.78 is 0. The lowest BCUT2D eigenvalue weighted by atomic mass is 10.0. The molecule has 0 aliphatic carbocycles. The standard InChI is InChI=1S/C33H30ClN7O/c34-29-16-21(6-8-25(29)22-4-2-1-3-5-22)18-36-14-12-31-39-19-24(40-31)10-15-38-33-27-11-13-37-20-28(27)26-9-7-23(32(35)42)17-30(26)41-33/h1-9,11,13,16-17,19-20,36H,10,12,14-15,18H2,(H2,35,42)(H,38,41)(H,39,40). The molecule has 5 N–H and O–H groups in total. The second-order valence-corrected chi connectivity index (χ2v) is 10.5. The lowest BCUT2D eigenvalue weighted by molar-refractivity contribution is 0.100. The van der Waals surface area contributed by atoms with Crippen LogP contribution >= 0.6 is 11.6 Å². The first-order chi connectivity index (χ1) is 20.5. The average Bonchev–Trinajstić information content (AvgIpc) is 3.47. The fraction of sp³-hybridized carbons (Fsp3) is 0.152. The highest BCUT2D eigenvalue weighted by atomic mass is 35.5. The van der Waals surface area contributed by atoms with E-state index in [0.717, 1.165) is 81.1 Å². The Morgan fingerprint density at radius 2 is 1.79 bits per heavy atom. The number of nitrogens with one attached hydrogen (secondary N) is 3. The van der Waals surface area contributed by atoms with E-state index in [1.807, 2.05) is 48.8 Å². The van der Waals surface area contributed by atoms with Crippen LogP contribution in [0.3, 0.4) is 0 Å². The van der Waals surface area contributed by atoms with Crippen LogP contribution in [0.4, 0.5) is 5.82 Å². The van der Waals surface area contributed by atoms with Gasteiger partial charge in [-0.25, -0.2) is 9.97 Å². The number of benzene rings is 3. The predicted molar refractivity (Wildman–Crippen MR) is 169 cm³/mol. The Bertz CT molecular complexity index is 1870. The molecule has 0 saturated heterocycles. The third-order valence-corrected chi connectivity index (χ3v) is 7.55. The van der Waals surface area contributed by atoms with Gasteiger partial charge in [0, 0.05) is 89.1 Å². The van der Waals surface area contributed by atoms with E-state index in [9.17, 15) is 4.79 Å². The Balaban J connectivity index is 1.02. The summed E-state index contributed by atoms with van der Waals surface area (Å²) in [5.74, 6) is 1.20. The molecule has 3 aromatic carbocycles. The number of primary amides is 1. The number of carbonyl (C=O) groups is 1. The minimum atomic E-state index is -0.480. The summed E-state index contributed by atoms with van der Waals surface area (Å²) in [5, 5.41) is 10.5. The molecule has 6 aromatic rings. The second-order valence-electron chi connectivity index (χ2n) is 10.1. The number of anilines is 1. The predicted octanol–water partition coefficient (Wildman–Crippen LogP) is 5.91. The SMILES string of the molecule is NC(=O)c1ccc2c(c1)nc(NCCc1cnc(CCNCc3ccc(-c4ccccc4)c(Cl)c3)[nH]1)c1ccncc12. The van der Waals surface area contributed by atoms with E-state index >= 15 is 0 Å². The van der Waals surface area contributed by atoms with Gasteiger partial charge in [-0.2, -0.15) is 0 Å². The van der Waals surface area contributed by atoms with Crippen LogP contribution in [0.25, 0.3) is 32.8 Å². The molecule has 0 spiro atoms. The molecule has 0 fully saturated rings. The zero-order chi connectivity index (χ0) is 28.9. The molecule has 0 aliphatic heterocycles. The number of nitrogens with two attached hydrogens (primary N) is 1. The Morgan fingerprint density at radius 1 is 0.905 bits per heavy atom. The largest absolute Gasteiger partial charge is 0.369 e. The van der Waals surface area contributed by atoms with Crippen molar-refractivity contribution in [1.82, 2.24) is 25.3 Å². The van der Waals surface area contributed by atoms with Crippen molar-refractivity contribution in [2.45, 2.75) is 19.4 Å². The molecule has 210 valence electrons. The first-order valence-corrected chi connectivity index (χ1v) is 14.2. The summed E-state index contributed by atoms with van der Waals surface area (Å²) in [7, 11) is 0. The van der Waals surface area contributed by atoms with Gasteiger partial charge >= 0.3 is 0 Å². The molecule has 9 heteroatoms. The molecule has 0 bridgehead atoms. The van der Waals surface area contributed by atoms with Crippen LogP contribution in [0, 0.1) is 0 Å². The van der Waals surface area contributed by atoms with Crippen molar-refractivity contribution in [3.63, 3.8) is 0 Å². The summed E-state index contributed by atoms with van der Waals surface area (Å²) in [4.78, 5) is 28.7. The third-order valence-electron chi connectivity index (χ3n) is 7.23. The normalized spacial score (nSPS) is 11.3. The fourth-order valence-corrected chi connectivity index (χ4v) is 5.38. The number of aromatic amines is 1. The molecule has 42 heavy (non-hydrogen) atoms. The highest BCUT2D eigenvalue weighted by Gasteiger charge is 2.11. The van der Waals surface area contributed by atoms with Crippen LogP contribution in [-0.2, 0) is 19.4 Å². The van der Waals surface area contributed by atoms with Gasteiger partial charge in [-0.1, -0.05) is 60.1 Å². The second kappa shape index (κ2) is 12.4.